The number of amides is 2. The first-order valence-electron chi connectivity index (χ1n) is 12.9. The molecule has 0 unspecified atom stereocenters. The number of pyridine rings is 1. The summed E-state index contributed by atoms with van der Waals surface area (Å²) in [5, 5.41) is 0. The highest BCUT2D eigenvalue weighted by Crippen LogP contribution is 2.45. The lowest BCUT2D eigenvalue weighted by Gasteiger charge is -2.38. The summed E-state index contributed by atoms with van der Waals surface area (Å²) in [7, 11) is 0. The molecule has 0 bridgehead atoms. The van der Waals surface area contributed by atoms with Crippen LogP contribution in [0.1, 0.15) is 49.7 Å². The molecule has 2 saturated heterocycles. The Morgan fingerprint density at radius 2 is 1.81 bits per heavy atom. The summed E-state index contributed by atoms with van der Waals surface area (Å²) in [4.78, 5) is 47.1. The van der Waals surface area contributed by atoms with Crippen molar-refractivity contribution in [1.82, 2.24) is 14.8 Å². The van der Waals surface area contributed by atoms with E-state index in [0.29, 0.717) is 32.5 Å². The fourth-order valence-electron chi connectivity index (χ4n) is 5.73. The average Bonchev–Trinajstić information content (AvgIpc) is 3.12. The van der Waals surface area contributed by atoms with Gasteiger partial charge < -0.3 is 19.3 Å². The van der Waals surface area contributed by atoms with Crippen LogP contribution in [0.2, 0.25) is 0 Å². The lowest BCUT2D eigenvalue weighted by atomic mass is 9.75. The maximum absolute atomic E-state index is 13.9. The summed E-state index contributed by atoms with van der Waals surface area (Å²) in [6.07, 6.45) is 7.55. The van der Waals surface area contributed by atoms with Crippen molar-refractivity contribution in [3.05, 3.63) is 66.0 Å². The van der Waals surface area contributed by atoms with Gasteiger partial charge in [-0.15, -0.1) is 0 Å². The Balaban J connectivity index is 1.36. The van der Waals surface area contributed by atoms with Crippen molar-refractivity contribution in [2.45, 2.75) is 63.4 Å². The van der Waals surface area contributed by atoms with Gasteiger partial charge in [0.1, 0.15) is 5.60 Å². The Hall–Kier alpha value is -3.26. The molecule has 36 heavy (non-hydrogen) atoms. The third-order valence-electron chi connectivity index (χ3n) is 7.58. The Morgan fingerprint density at radius 3 is 2.56 bits per heavy atom. The second kappa shape index (κ2) is 10.8. The minimum Gasteiger partial charge on any atom is -0.458 e. The van der Waals surface area contributed by atoms with E-state index >= 15 is 0 Å². The molecular weight excluding hydrogens is 458 g/mol. The SMILES string of the molecule is O=C1C[C@@H](C(=O)N2CC(=O)N(Cc3ccccc3)C[C@@H](OCc3cccnc3)C2)C2(CCCCC2)O1. The van der Waals surface area contributed by atoms with Crippen LogP contribution in [0.5, 0.6) is 0 Å². The van der Waals surface area contributed by atoms with Gasteiger partial charge in [0.2, 0.25) is 11.8 Å². The Bertz CT molecular complexity index is 1070. The quantitative estimate of drug-likeness (QED) is 0.577. The van der Waals surface area contributed by atoms with Crippen molar-refractivity contribution in [2.24, 2.45) is 5.92 Å². The molecule has 0 radical (unpaired) electrons. The first kappa shape index (κ1) is 24.4. The smallest absolute Gasteiger partial charge is 0.307 e. The summed E-state index contributed by atoms with van der Waals surface area (Å²) in [5.74, 6) is -1.15. The lowest BCUT2D eigenvalue weighted by Crippen LogP contribution is -2.49. The summed E-state index contributed by atoms with van der Waals surface area (Å²) in [6, 6.07) is 13.6. The van der Waals surface area contributed by atoms with Gasteiger partial charge in [0.25, 0.3) is 0 Å². The van der Waals surface area contributed by atoms with Gasteiger partial charge in [-0.2, -0.15) is 0 Å². The number of esters is 1. The zero-order valence-electron chi connectivity index (χ0n) is 20.5. The van der Waals surface area contributed by atoms with Gasteiger partial charge in [-0.25, -0.2) is 0 Å². The standard InChI is InChI=1S/C28H33N3O5/c32-25-19-31(27(34)24-14-26(33)36-28(24)11-5-2-6-12-28)18-23(35-20-22-10-7-13-29-15-22)17-30(25)16-21-8-3-1-4-9-21/h1,3-4,7-10,13,15,23-24H,2,5-6,11-12,14,16-20H2/t23-,24+/m1/s1. The summed E-state index contributed by atoms with van der Waals surface area (Å²) in [5.41, 5.74) is 1.22. The molecular formula is C28H33N3O5. The molecule has 5 rings (SSSR count). The van der Waals surface area contributed by atoms with E-state index in [2.05, 4.69) is 4.98 Å². The van der Waals surface area contributed by atoms with E-state index in [1.165, 1.54) is 0 Å². The van der Waals surface area contributed by atoms with E-state index in [0.717, 1.165) is 30.4 Å². The average molecular weight is 492 g/mol. The van der Waals surface area contributed by atoms with E-state index in [-0.39, 0.29) is 43.4 Å². The number of hydrogen-bond donors (Lipinski definition) is 0. The molecule has 8 heteroatoms. The topological polar surface area (TPSA) is 89.0 Å². The van der Waals surface area contributed by atoms with Crippen LogP contribution in [0.25, 0.3) is 0 Å². The number of rotatable bonds is 6. The largest absolute Gasteiger partial charge is 0.458 e. The minimum atomic E-state index is -0.725. The Morgan fingerprint density at radius 1 is 1.03 bits per heavy atom. The molecule has 2 aromatic rings. The van der Waals surface area contributed by atoms with Crippen LogP contribution in [0.4, 0.5) is 0 Å². The third kappa shape index (κ3) is 5.43. The highest BCUT2D eigenvalue weighted by Gasteiger charge is 2.54. The summed E-state index contributed by atoms with van der Waals surface area (Å²) < 4.78 is 12.0. The van der Waals surface area contributed by atoms with Gasteiger partial charge in [0, 0.05) is 32.0 Å². The van der Waals surface area contributed by atoms with Crippen LogP contribution in [-0.2, 0) is 37.0 Å². The second-order valence-corrected chi connectivity index (χ2v) is 10.1. The molecule has 0 N–H and O–H groups in total. The van der Waals surface area contributed by atoms with Crippen LogP contribution >= 0.6 is 0 Å². The van der Waals surface area contributed by atoms with Crippen LogP contribution in [0.3, 0.4) is 0 Å². The number of carbonyl (C=O) groups excluding carboxylic acids is 3. The molecule has 8 nitrogen and oxygen atoms in total. The first-order chi connectivity index (χ1) is 17.5. The Kier molecular flexibility index (Phi) is 7.32. The molecule has 2 atom stereocenters. The molecule has 190 valence electrons. The molecule has 1 saturated carbocycles. The number of aromatic nitrogens is 1. The summed E-state index contributed by atoms with van der Waals surface area (Å²) >= 11 is 0. The van der Waals surface area contributed by atoms with Crippen LogP contribution in [-0.4, -0.2) is 63.9 Å². The van der Waals surface area contributed by atoms with E-state index in [9.17, 15) is 14.4 Å². The second-order valence-electron chi connectivity index (χ2n) is 10.1. The highest BCUT2D eigenvalue weighted by molar-refractivity contribution is 5.91. The lowest BCUT2D eigenvalue weighted by molar-refractivity contribution is -0.157. The van der Waals surface area contributed by atoms with Crippen molar-refractivity contribution >= 4 is 17.8 Å². The molecule has 2 aliphatic heterocycles. The van der Waals surface area contributed by atoms with Crippen LogP contribution in [0.15, 0.2) is 54.9 Å². The van der Waals surface area contributed by atoms with Crippen molar-refractivity contribution in [2.75, 3.05) is 19.6 Å². The summed E-state index contributed by atoms with van der Waals surface area (Å²) in [6.45, 7) is 1.42. The zero-order chi connectivity index (χ0) is 25.0. The van der Waals surface area contributed by atoms with Crippen molar-refractivity contribution < 1.29 is 23.9 Å². The third-order valence-corrected chi connectivity index (χ3v) is 7.58. The van der Waals surface area contributed by atoms with Gasteiger partial charge in [0.05, 0.1) is 31.6 Å². The van der Waals surface area contributed by atoms with Gasteiger partial charge in [0.15, 0.2) is 0 Å². The maximum Gasteiger partial charge on any atom is 0.307 e. The zero-order valence-corrected chi connectivity index (χ0v) is 20.5. The normalized spacial score (nSPS) is 24.0. The van der Waals surface area contributed by atoms with Gasteiger partial charge in [-0.1, -0.05) is 42.8 Å². The molecule has 3 aliphatic rings. The van der Waals surface area contributed by atoms with E-state index < -0.39 is 11.5 Å². The highest BCUT2D eigenvalue weighted by atomic mass is 16.6. The van der Waals surface area contributed by atoms with E-state index in [1.54, 1.807) is 22.2 Å². The predicted molar refractivity (Wildman–Crippen MR) is 131 cm³/mol. The molecule has 3 heterocycles. The fourth-order valence-corrected chi connectivity index (χ4v) is 5.73. The monoisotopic (exact) mass is 491 g/mol. The fraction of sp³-hybridized carbons (Fsp3) is 0.500. The molecule has 1 aromatic carbocycles. The number of carbonyl (C=O) groups is 3. The van der Waals surface area contributed by atoms with Gasteiger partial charge >= 0.3 is 5.97 Å². The van der Waals surface area contributed by atoms with Gasteiger partial charge in [-0.05, 0) is 42.9 Å². The van der Waals surface area contributed by atoms with Gasteiger partial charge in [-0.3, -0.25) is 19.4 Å². The number of nitrogens with zero attached hydrogens (tertiary/aromatic N) is 3. The number of hydrogen-bond acceptors (Lipinski definition) is 6. The first-order valence-corrected chi connectivity index (χ1v) is 12.9. The van der Waals surface area contributed by atoms with E-state index in [1.807, 2.05) is 42.5 Å². The van der Waals surface area contributed by atoms with Crippen molar-refractivity contribution in [3.8, 4) is 0 Å². The van der Waals surface area contributed by atoms with Crippen LogP contribution in [0, 0.1) is 5.92 Å². The minimum absolute atomic E-state index is 0.0286. The molecule has 3 fully saturated rings. The van der Waals surface area contributed by atoms with Crippen molar-refractivity contribution in [3.63, 3.8) is 0 Å². The number of ether oxygens (including phenoxy) is 2. The Labute approximate surface area is 211 Å². The molecule has 2 amide bonds. The number of benzene rings is 1. The predicted octanol–water partition coefficient (Wildman–Crippen LogP) is 3.10. The van der Waals surface area contributed by atoms with E-state index in [4.69, 9.17) is 9.47 Å². The molecule has 1 aliphatic carbocycles. The van der Waals surface area contributed by atoms with Crippen LogP contribution < -0.4 is 0 Å². The maximum atomic E-state index is 13.9. The molecule has 1 spiro atoms. The van der Waals surface area contributed by atoms with Crippen molar-refractivity contribution in [1.29, 1.82) is 0 Å². The molecule has 1 aromatic heterocycles.